The van der Waals surface area contributed by atoms with Crippen LogP contribution in [0.4, 0.5) is 0 Å². The monoisotopic (exact) mass is 371 g/mol. The Morgan fingerprint density at radius 1 is 1.33 bits per heavy atom. The largest absolute Gasteiger partial charge is 0.480 e. The molecule has 2 aliphatic rings. The molecule has 0 spiro atoms. The molecule has 0 heterocycles. The first kappa shape index (κ1) is 15.2. The van der Waals surface area contributed by atoms with Crippen LogP contribution in [-0.2, 0) is 4.79 Å². The Balaban J connectivity index is 1.58. The molecule has 1 aromatic carbocycles. The Labute approximate surface area is 138 Å². The number of hydrogen-bond acceptors (Lipinski definition) is 2. The Hall–Kier alpha value is -0.740. The minimum atomic E-state index is -0.512. The first-order valence-corrected chi connectivity index (χ1v) is 8.64. The number of carbonyl (C=O) groups is 1. The van der Waals surface area contributed by atoms with Gasteiger partial charge in [0.2, 0.25) is 0 Å². The molecule has 2 saturated carbocycles. The van der Waals surface area contributed by atoms with Gasteiger partial charge in [-0.1, -0.05) is 11.6 Å². The zero-order valence-corrected chi connectivity index (χ0v) is 14.3. The molecule has 0 bridgehead atoms. The second-order valence-corrected chi connectivity index (χ2v) is 7.33. The van der Waals surface area contributed by atoms with Crippen LogP contribution < -0.4 is 10.1 Å². The summed E-state index contributed by atoms with van der Waals surface area (Å²) in [6.45, 7) is 1.78. The van der Waals surface area contributed by atoms with Gasteiger partial charge in [0.25, 0.3) is 5.91 Å². The molecule has 1 N–H and O–H groups in total. The van der Waals surface area contributed by atoms with Gasteiger partial charge in [0.15, 0.2) is 6.10 Å². The van der Waals surface area contributed by atoms with Crippen LogP contribution in [0.2, 0.25) is 5.02 Å². The fourth-order valence-electron chi connectivity index (χ4n) is 2.63. The minimum absolute atomic E-state index is 0.0272. The van der Waals surface area contributed by atoms with Gasteiger partial charge in [-0.05, 0) is 78.6 Å². The molecule has 0 aliphatic heterocycles. The molecule has 0 aromatic heterocycles. The van der Waals surface area contributed by atoms with Crippen molar-refractivity contribution in [1.29, 1.82) is 0 Å². The van der Waals surface area contributed by atoms with Gasteiger partial charge in [0.1, 0.15) is 5.75 Å². The Morgan fingerprint density at radius 3 is 2.48 bits per heavy atom. The molecular weight excluding hydrogens is 354 g/mol. The van der Waals surface area contributed by atoms with Crippen molar-refractivity contribution in [3.05, 3.63) is 27.7 Å². The third-order valence-corrected chi connectivity index (χ3v) is 4.99. The average Bonchev–Trinajstić information content (AvgIpc) is 3.31. The Morgan fingerprint density at radius 2 is 1.95 bits per heavy atom. The quantitative estimate of drug-likeness (QED) is 0.813. The van der Waals surface area contributed by atoms with Crippen LogP contribution in [0.1, 0.15) is 32.6 Å². The maximum Gasteiger partial charge on any atom is 0.261 e. The summed E-state index contributed by atoms with van der Waals surface area (Å²) in [5.41, 5.74) is 0. The van der Waals surface area contributed by atoms with Gasteiger partial charge >= 0.3 is 0 Å². The summed E-state index contributed by atoms with van der Waals surface area (Å²) in [6.07, 6.45) is 4.49. The van der Waals surface area contributed by atoms with E-state index < -0.39 is 6.10 Å². The van der Waals surface area contributed by atoms with E-state index >= 15 is 0 Å². The average molecular weight is 373 g/mol. The standard InChI is InChI=1S/C16H19BrClNO2/c1-9(21-14-7-6-12(18)8-13(14)17)16(20)19-15(10-2-3-10)11-4-5-11/h6-11,15H,2-5H2,1H3,(H,19,20). The van der Waals surface area contributed by atoms with Crippen molar-refractivity contribution in [2.75, 3.05) is 0 Å². The van der Waals surface area contributed by atoms with Crippen molar-refractivity contribution in [3.8, 4) is 5.75 Å². The highest BCUT2D eigenvalue weighted by atomic mass is 79.9. The van der Waals surface area contributed by atoms with Crippen LogP contribution in [0.5, 0.6) is 5.75 Å². The third-order valence-electron chi connectivity index (χ3n) is 4.14. The maximum absolute atomic E-state index is 12.3. The molecule has 21 heavy (non-hydrogen) atoms. The molecule has 1 unspecified atom stereocenters. The fourth-order valence-corrected chi connectivity index (χ4v) is 3.40. The van der Waals surface area contributed by atoms with E-state index in [1.54, 1.807) is 25.1 Å². The predicted molar refractivity (Wildman–Crippen MR) is 86.6 cm³/mol. The van der Waals surface area contributed by atoms with Gasteiger partial charge in [-0.3, -0.25) is 4.79 Å². The van der Waals surface area contributed by atoms with Gasteiger partial charge in [-0.15, -0.1) is 0 Å². The summed E-state index contributed by atoms with van der Waals surface area (Å²) >= 11 is 9.30. The van der Waals surface area contributed by atoms with Crippen LogP contribution >= 0.6 is 27.5 Å². The lowest BCUT2D eigenvalue weighted by Gasteiger charge is -2.21. The highest BCUT2D eigenvalue weighted by molar-refractivity contribution is 9.10. The third kappa shape index (κ3) is 3.92. The van der Waals surface area contributed by atoms with Crippen molar-refractivity contribution in [3.63, 3.8) is 0 Å². The zero-order chi connectivity index (χ0) is 15.0. The number of benzene rings is 1. The molecule has 0 saturated heterocycles. The smallest absolute Gasteiger partial charge is 0.261 e. The Kier molecular flexibility index (Phi) is 4.46. The molecule has 3 rings (SSSR count). The number of amides is 1. The first-order valence-electron chi connectivity index (χ1n) is 7.46. The normalized spacial score (nSPS) is 19.4. The molecule has 2 aliphatic carbocycles. The molecular formula is C16H19BrClNO2. The second-order valence-electron chi connectivity index (χ2n) is 6.04. The van der Waals surface area contributed by atoms with E-state index in [0.717, 1.165) is 4.47 Å². The number of rotatable bonds is 6. The lowest BCUT2D eigenvalue weighted by atomic mass is 10.1. The van der Waals surface area contributed by atoms with Crippen molar-refractivity contribution in [1.82, 2.24) is 5.32 Å². The van der Waals surface area contributed by atoms with Crippen molar-refractivity contribution in [2.24, 2.45) is 11.8 Å². The molecule has 114 valence electrons. The predicted octanol–water partition coefficient (Wildman–Crippen LogP) is 4.17. The van der Waals surface area contributed by atoms with E-state index in [1.165, 1.54) is 25.7 Å². The van der Waals surface area contributed by atoms with Gasteiger partial charge in [-0.25, -0.2) is 0 Å². The van der Waals surface area contributed by atoms with Crippen LogP contribution in [-0.4, -0.2) is 18.1 Å². The number of halogens is 2. The summed E-state index contributed by atoms with van der Waals surface area (Å²) in [4.78, 5) is 12.3. The number of hydrogen-bond donors (Lipinski definition) is 1. The van der Waals surface area contributed by atoms with E-state index in [-0.39, 0.29) is 5.91 Å². The molecule has 0 radical (unpaired) electrons. The lowest BCUT2D eigenvalue weighted by molar-refractivity contribution is -0.128. The van der Waals surface area contributed by atoms with Gasteiger partial charge in [-0.2, -0.15) is 0 Å². The highest BCUT2D eigenvalue weighted by Gasteiger charge is 2.42. The SMILES string of the molecule is CC(Oc1ccc(Cl)cc1Br)C(=O)NC(C1CC1)C1CC1. The summed E-state index contributed by atoms with van der Waals surface area (Å²) in [5.74, 6) is 1.99. The first-order chi connectivity index (χ1) is 10.0. The highest BCUT2D eigenvalue weighted by Crippen LogP contribution is 2.44. The summed E-state index contributed by atoms with van der Waals surface area (Å²) in [7, 11) is 0. The molecule has 3 nitrogen and oxygen atoms in total. The van der Waals surface area contributed by atoms with Crippen LogP contribution in [0.25, 0.3) is 0 Å². The molecule has 2 fully saturated rings. The van der Waals surface area contributed by atoms with Crippen LogP contribution in [0, 0.1) is 11.8 Å². The van der Waals surface area contributed by atoms with E-state index in [9.17, 15) is 4.79 Å². The number of ether oxygens (including phenoxy) is 1. The zero-order valence-electron chi connectivity index (χ0n) is 11.9. The van der Waals surface area contributed by atoms with E-state index in [1.807, 2.05) is 0 Å². The topological polar surface area (TPSA) is 38.3 Å². The molecule has 1 aromatic rings. The van der Waals surface area contributed by atoms with Crippen LogP contribution in [0.15, 0.2) is 22.7 Å². The molecule has 5 heteroatoms. The number of carbonyl (C=O) groups excluding carboxylic acids is 1. The van der Waals surface area contributed by atoms with Crippen LogP contribution in [0.3, 0.4) is 0 Å². The minimum Gasteiger partial charge on any atom is -0.480 e. The van der Waals surface area contributed by atoms with Crippen molar-refractivity contribution < 1.29 is 9.53 Å². The summed E-state index contributed by atoms with van der Waals surface area (Å²) in [5, 5.41) is 3.82. The fraction of sp³-hybridized carbons (Fsp3) is 0.562. The van der Waals surface area contributed by atoms with Gasteiger partial charge in [0, 0.05) is 11.1 Å². The Bertz CT molecular complexity index is 531. The molecule has 1 amide bonds. The van der Waals surface area contributed by atoms with Gasteiger partial charge < -0.3 is 10.1 Å². The summed E-state index contributed by atoms with van der Waals surface area (Å²) < 4.78 is 6.51. The lowest BCUT2D eigenvalue weighted by Crippen LogP contribution is -2.44. The van der Waals surface area contributed by atoms with E-state index in [0.29, 0.717) is 28.6 Å². The van der Waals surface area contributed by atoms with Crippen molar-refractivity contribution in [2.45, 2.75) is 44.8 Å². The van der Waals surface area contributed by atoms with E-state index in [2.05, 4.69) is 21.2 Å². The van der Waals surface area contributed by atoms with Crippen molar-refractivity contribution >= 4 is 33.4 Å². The summed E-state index contributed by atoms with van der Waals surface area (Å²) in [6, 6.07) is 5.65. The molecule has 1 atom stereocenters. The second kappa shape index (κ2) is 6.17. The maximum atomic E-state index is 12.3. The van der Waals surface area contributed by atoms with E-state index in [4.69, 9.17) is 16.3 Å². The van der Waals surface area contributed by atoms with Gasteiger partial charge in [0.05, 0.1) is 4.47 Å². The number of nitrogens with one attached hydrogen (secondary N) is 1.